The Balaban J connectivity index is 1.52. The van der Waals surface area contributed by atoms with Gasteiger partial charge in [0.2, 0.25) is 0 Å². The molecule has 0 aliphatic heterocycles. The number of hydrogen-bond donors (Lipinski definition) is 2. The summed E-state index contributed by atoms with van der Waals surface area (Å²) in [5, 5.41) is 5.08. The molecule has 0 spiro atoms. The van der Waals surface area contributed by atoms with Crippen molar-refractivity contribution in [3.63, 3.8) is 0 Å². The van der Waals surface area contributed by atoms with Crippen LogP contribution in [-0.4, -0.2) is 34.2 Å². The van der Waals surface area contributed by atoms with Gasteiger partial charge >= 0.3 is 5.97 Å². The number of aromatic nitrogens is 2. The molecule has 0 aliphatic carbocycles. The molecule has 140 valence electrons. The number of rotatable bonds is 4. The van der Waals surface area contributed by atoms with Crippen molar-refractivity contribution in [3.8, 4) is 0 Å². The highest BCUT2D eigenvalue weighted by Gasteiger charge is 2.18. The highest BCUT2D eigenvalue weighted by atomic mass is 32.1. The third-order valence-electron chi connectivity index (χ3n) is 3.67. The van der Waals surface area contributed by atoms with Gasteiger partial charge in [0.25, 0.3) is 11.8 Å². The lowest BCUT2D eigenvalue weighted by Gasteiger charge is -2.08. The molecule has 2 amide bonds. The van der Waals surface area contributed by atoms with Crippen molar-refractivity contribution in [2.24, 2.45) is 7.05 Å². The number of benzene rings is 1. The number of amides is 2. The van der Waals surface area contributed by atoms with Gasteiger partial charge < -0.3 is 4.74 Å². The predicted octanol–water partition coefficient (Wildman–Crippen LogP) is 1.70. The summed E-state index contributed by atoms with van der Waals surface area (Å²) in [4.78, 5) is 36.7. The van der Waals surface area contributed by atoms with Crippen molar-refractivity contribution >= 4 is 39.3 Å². The summed E-state index contributed by atoms with van der Waals surface area (Å²) in [6, 6.07) is 6.98. The number of thiophene rings is 1. The van der Waals surface area contributed by atoms with E-state index >= 15 is 0 Å². The van der Waals surface area contributed by atoms with Crippen molar-refractivity contribution in [1.82, 2.24) is 20.6 Å². The second-order valence-corrected chi connectivity index (χ2v) is 6.63. The minimum atomic E-state index is -0.819. The van der Waals surface area contributed by atoms with E-state index < -0.39 is 30.2 Å². The van der Waals surface area contributed by atoms with E-state index in [-0.39, 0.29) is 5.56 Å². The van der Waals surface area contributed by atoms with Gasteiger partial charge in [0.1, 0.15) is 15.5 Å². The topological polar surface area (TPSA) is 102 Å². The van der Waals surface area contributed by atoms with E-state index in [1.807, 2.05) is 6.92 Å². The molecule has 3 aromatic rings. The highest BCUT2D eigenvalue weighted by molar-refractivity contribution is 7.20. The smallest absolute Gasteiger partial charge is 0.348 e. The number of fused-ring (bicyclic) bond motifs is 1. The molecular formula is C17H15FN4O4S. The van der Waals surface area contributed by atoms with Gasteiger partial charge in [-0.05, 0) is 25.1 Å². The molecule has 0 aliphatic rings. The first kappa shape index (κ1) is 18.5. The number of ether oxygens (including phenoxy) is 1. The Morgan fingerprint density at radius 3 is 2.70 bits per heavy atom. The maximum atomic E-state index is 13.5. The third kappa shape index (κ3) is 3.95. The maximum absolute atomic E-state index is 13.5. The molecule has 1 aromatic carbocycles. The van der Waals surface area contributed by atoms with Crippen molar-refractivity contribution < 1.29 is 23.5 Å². The van der Waals surface area contributed by atoms with E-state index in [0.29, 0.717) is 4.88 Å². The van der Waals surface area contributed by atoms with Crippen molar-refractivity contribution in [1.29, 1.82) is 0 Å². The first-order valence-corrected chi connectivity index (χ1v) is 8.62. The van der Waals surface area contributed by atoms with Crippen LogP contribution in [0.5, 0.6) is 0 Å². The number of carbonyl (C=O) groups is 3. The zero-order valence-electron chi connectivity index (χ0n) is 14.4. The average molecular weight is 390 g/mol. The monoisotopic (exact) mass is 390 g/mol. The number of hydrogen-bond acceptors (Lipinski definition) is 6. The number of nitrogens with zero attached hydrogens (tertiary/aromatic N) is 2. The molecule has 0 atom stereocenters. The van der Waals surface area contributed by atoms with Gasteiger partial charge in [-0.25, -0.2) is 9.18 Å². The standard InChI is InChI=1S/C17H15FN4O4S/c1-9-11-7-13(27-16(11)22(2)21-9)17(25)26-8-14(23)19-20-15(24)10-5-3-4-6-12(10)18/h3-7H,8H2,1-2H3,(H,19,23)(H,20,24). The lowest BCUT2D eigenvalue weighted by atomic mass is 10.2. The van der Waals surface area contributed by atoms with Crippen LogP contribution >= 0.6 is 11.3 Å². The first-order valence-electron chi connectivity index (χ1n) is 7.81. The van der Waals surface area contributed by atoms with Crippen molar-refractivity contribution in [3.05, 3.63) is 52.3 Å². The van der Waals surface area contributed by atoms with Crippen molar-refractivity contribution in [2.75, 3.05) is 6.61 Å². The largest absolute Gasteiger partial charge is 0.451 e. The van der Waals surface area contributed by atoms with E-state index in [1.54, 1.807) is 17.8 Å². The summed E-state index contributed by atoms with van der Waals surface area (Å²) in [5.74, 6) is -2.95. The quantitative estimate of drug-likeness (QED) is 0.521. The zero-order chi connectivity index (χ0) is 19.6. The van der Waals surface area contributed by atoms with Crippen molar-refractivity contribution in [2.45, 2.75) is 6.92 Å². The van der Waals surface area contributed by atoms with Crippen LogP contribution in [0.4, 0.5) is 4.39 Å². The number of esters is 1. The van der Waals surface area contributed by atoms with Crippen LogP contribution in [0.2, 0.25) is 0 Å². The molecule has 0 saturated heterocycles. The van der Waals surface area contributed by atoms with Gasteiger partial charge in [0.05, 0.1) is 11.3 Å². The molecule has 2 N–H and O–H groups in total. The molecule has 0 saturated carbocycles. The number of nitrogens with one attached hydrogen (secondary N) is 2. The molecule has 2 heterocycles. The maximum Gasteiger partial charge on any atom is 0.348 e. The Labute approximate surface area is 156 Å². The van der Waals surface area contributed by atoms with E-state index in [2.05, 4.69) is 16.0 Å². The fourth-order valence-electron chi connectivity index (χ4n) is 2.38. The molecule has 0 fully saturated rings. The number of hydrazine groups is 1. The Bertz CT molecular complexity index is 1010. The Morgan fingerprint density at radius 1 is 1.26 bits per heavy atom. The molecule has 0 radical (unpaired) electrons. The lowest BCUT2D eigenvalue weighted by Crippen LogP contribution is -2.43. The van der Waals surface area contributed by atoms with E-state index in [4.69, 9.17) is 4.74 Å². The van der Waals surface area contributed by atoms with E-state index in [0.717, 1.165) is 22.0 Å². The normalized spacial score (nSPS) is 10.6. The Morgan fingerprint density at radius 2 is 2.00 bits per heavy atom. The predicted molar refractivity (Wildman–Crippen MR) is 95.6 cm³/mol. The summed E-state index contributed by atoms with van der Waals surface area (Å²) in [5.41, 5.74) is 4.69. The second kappa shape index (κ2) is 7.54. The van der Waals surface area contributed by atoms with Crippen LogP contribution in [0.25, 0.3) is 10.2 Å². The average Bonchev–Trinajstić information content (AvgIpc) is 3.20. The summed E-state index contributed by atoms with van der Waals surface area (Å²) < 4.78 is 20.1. The second-order valence-electron chi connectivity index (χ2n) is 5.60. The fourth-order valence-corrected chi connectivity index (χ4v) is 3.40. The van der Waals surface area contributed by atoms with Gasteiger partial charge in [0.15, 0.2) is 6.61 Å². The van der Waals surface area contributed by atoms with Gasteiger partial charge in [-0.1, -0.05) is 12.1 Å². The fraction of sp³-hybridized carbons (Fsp3) is 0.176. The third-order valence-corrected chi connectivity index (χ3v) is 4.85. The molecule has 0 bridgehead atoms. The van der Waals surface area contributed by atoms with Gasteiger partial charge in [-0.15, -0.1) is 11.3 Å². The summed E-state index contributed by atoms with van der Waals surface area (Å²) in [6.07, 6.45) is 0. The van der Waals surface area contributed by atoms with Crippen LogP contribution in [0.1, 0.15) is 25.7 Å². The molecule has 2 aromatic heterocycles. The SMILES string of the molecule is Cc1nn(C)c2sc(C(=O)OCC(=O)NNC(=O)c3ccccc3F)cc12. The van der Waals surface area contributed by atoms with Gasteiger partial charge in [-0.3, -0.25) is 25.1 Å². The van der Waals surface area contributed by atoms with E-state index in [9.17, 15) is 18.8 Å². The summed E-state index contributed by atoms with van der Waals surface area (Å²) in [7, 11) is 1.77. The van der Waals surface area contributed by atoms with Gasteiger partial charge in [0, 0.05) is 12.4 Å². The summed E-state index contributed by atoms with van der Waals surface area (Å²) in [6.45, 7) is 1.23. The molecular weight excluding hydrogens is 375 g/mol. The van der Waals surface area contributed by atoms with Crippen LogP contribution in [0, 0.1) is 12.7 Å². The number of halogens is 1. The lowest BCUT2D eigenvalue weighted by molar-refractivity contribution is -0.125. The minimum Gasteiger partial charge on any atom is -0.451 e. The van der Waals surface area contributed by atoms with E-state index in [1.165, 1.54) is 29.5 Å². The number of aryl methyl sites for hydroxylation is 2. The van der Waals surface area contributed by atoms with Crippen LogP contribution in [0.3, 0.4) is 0 Å². The zero-order valence-corrected chi connectivity index (χ0v) is 15.2. The van der Waals surface area contributed by atoms with Crippen LogP contribution in [0.15, 0.2) is 30.3 Å². The number of carbonyl (C=O) groups excluding carboxylic acids is 3. The van der Waals surface area contributed by atoms with Gasteiger partial charge in [-0.2, -0.15) is 5.10 Å². The Kier molecular flexibility index (Phi) is 5.17. The molecule has 8 nitrogen and oxygen atoms in total. The molecule has 27 heavy (non-hydrogen) atoms. The molecule has 10 heteroatoms. The summed E-state index contributed by atoms with van der Waals surface area (Å²) >= 11 is 1.20. The molecule has 0 unspecified atom stereocenters. The minimum absolute atomic E-state index is 0.218. The highest BCUT2D eigenvalue weighted by Crippen LogP contribution is 2.27. The Hall–Kier alpha value is -3.27. The van der Waals surface area contributed by atoms with Crippen LogP contribution < -0.4 is 10.9 Å². The first-order chi connectivity index (χ1) is 12.9. The van der Waals surface area contributed by atoms with Crippen LogP contribution in [-0.2, 0) is 16.6 Å². The molecule has 3 rings (SSSR count).